The van der Waals surface area contributed by atoms with Gasteiger partial charge in [-0.05, 0) is 34.9 Å². The van der Waals surface area contributed by atoms with Crippen LogP contribution < -0.4 is 0 Å². The Morgan fingerprint density at radius 3 is 1.72 bits per heavy atom. The number of nitrogens with zero attached hydrogens (tertiary/aromatic N) is 1. The van der Waals surface area contributed by atoms with E-state index < -0.39 is 0 Å². The minimum atomic E-state index is 0.816. The van der Waals surface area contributed by atoms with Gasteiger partial charge in [0.2, 0.25) is 0 Å². The molecular weight excluding hydrogens is 370 g/mol. The Hall–Kier alpha value is -2.58. The molecule has 0 N–H and O–H groups in total. The number of aromatic nitrogens is 1. The van der Waals surface area contributed by atoms with Gasteiger partial charge in [-0.25, -0.2) is 0 Å². The van der Waals surface area contributed by atoms with Crippen LogP contribution in [0.15, 0.2) is 97.1 Å². The van der Waals surface area contributed by atoms with Crippen molar-refractivity contribution in [2.24, 2.45) is 0 Å². The van der Waals surface area contributed by atoms with Crippen LogP contribution in [0.4, 0.5) is 0 Å². The zero-order valence-corrected chi connectivity index (χ0v) is 15.4. The largest absolute Gasteiger partial charge is 0.309 e. The molecule has 1 aromatic heterocycles. The lowest BCUT2D eigenvalue weighted by atomic mass is 10.1. The van der Waals surface area contributed by atoms with E-state index in [-0.39, 0.29) is 0 Å². The number of halogens is 1. The standard InChI is InChI=1S/C23H18BrN/c24-17-20-16-22(18-10-4-1-5-11-18)25(21-14-8-3-9-15-21)23(20)19-12-6-2-7-13-19/h1-16H,17H2. The fourth-order valence-electron chi connectivity index (χ4n) is 3.24. The Kier molecular flexibility index (Phi) is 4.53. The van der Waals surface area contributed by atoms with E-state index >= 15 is 0 Å². The van der Waals surface area contributed by atoms with Gasteiger partial charge in [-0.2, -0.15) is 0 Å². The first kappa shape index (κ1) is 15.9. The minimum absolute atomic E-state index is 0.816. The van der Waals surface area contributed by atoms with E-state index in [0.717, 1.165) is 5.33 Å². The molecule has 0 saturated carbocycles. The maximum Gasteiger partial charge on any atom is 0.0575 e. The summed E-state index contributed by atoms with van der Waals surface area (Å²) in [5.41, 5.74) is 7.35. The highest BCUT2D eigenvalue weighted by Gasteiger charge is 2.18. The molecule has 0 amide bonds. The third-order valence-corrected chi connectivity index (χ3v) is 4.96. The van der Waals surface area contributed by atoms with Crippen molar-refractivity contribution in [2.45, 2.75) is 5.33 Å². The molecule has 4 aromatic rings. The Balaban J connectivity index is 2.05. The van der Waals surface area contributed by atoms with Crippen LogP contribution in [-0.2, 0) is 5.33 Å². The average molecular weight is 388 g/mol. The van der Waals surface area contributed by atoms with E-state index in [2.05, 4.69) is 118 Å². The number of alkyl halides is 1. The Bertz CT molecular complexity index is 957. The van der Waals surface area contributed by atoms with Gasteiger partial charge in [0, 0.05) is 11.0 Å². The predicted octanol–water partition coefficient (Wildman–Crippen LogP) is 6.71. The van der Waals surface area contributed by atoms with Gasteiger partial charge in [0.1, 0.15) is 0 Å². The molecule has 0 radical (unpaired) electrons. The quantitative estimate of drug-likeness (QED) is 0.343. The molecule has 0 fully saturated rings. The summed E-state index contributed by atoms with van der Waals surface area (Å²) in [6.45, 7) is 0. The number of hydrogen-bond acceptors (Lipinski definition) is 0. The highest BCUT2D eigenvalue weighted by molar-refractivity contribution is 9.08. The van der Waals surface area contributed by atoms with Gasteiger partial charge in [-0.3, -0.25) is 0 Å². The number of benzene rings is 3. The van der Waals surface area contributed by atoms with Gasteiger partial charge in [-0.1, -0.05) is 94.8 Å². The molecule has 0 atom stereocenters. The van der Waals surface area contributed by atoms with E-state index in [1.165, 1.54) is 33.8 Å². The summed E-state index contributed by atoms with van der Waals surface area (Å²) in [7, 11) is 0. The highest BCUT2D eigenvalue weighted by atomic mass is 79.9. The summed E-state index contributed by atoms with van der Waals surface area (Å²) in [5.74, 6) is 0. The molecule has 4 rings (SSSR count). The first-order valence-electron chi connectivity index (χ1n) is 8.35. The number of para-hydroxylation sites is 1. The molecule has 122 valence electrons. The van der Waals surface area contributed by atoms with Crippen LogP contribution in [0.1, 0.15) is 5.56 Å². The molecule has 3 aromatic carbocycles. The molecule has 0 unspecified atom stereocenters. The molecule has 0 bridgehead atoms. The molecule has 0 aliphatic carbocycles. The zero-order valence-electron chi connectivity index (χ0n) is 13.8. The van der Waals surface area contributed by atoms with Crippen molar-refractivity contribution >= 4 is 15.9 Å². The molecule has 0 aliphatic heterocycles. The first-order chi connectivity index (χ1) is 12.4. The van der Waals surface area contributed by atoms with Crippen molar-refractivity contribution in [3.8, 4) is 28.2 Å². The number of hydrogen-bond donors (Lipinski definition) is 0. The van der Waals surface area contributed by atoms with Gasteiger partial charge in [0.15, 0.2) is 0 Å². The molecule has 0 saturated heterocycles. The van der Waals surface area contributed by atoms with E-state index in [1.54, 1.807) is 0 Å². The third-order valence-electron chi connectivity index (χ3n) is 4.35. The van der Waals surface area contributed by atoms with Crippen LogP contribution in [0.2, 0.25) is 0 Å². The minimum Gasteiger partial charge on any atom is -0.309 e. The van der Waals surface area contributed by atoms with Crippen LogP contribution in [-0.4, -0.2) is 4.57 Å². The predicted molar refractivity (Wildman–Crippen MR) is 109 cm³/mol. The van der Waals surface area contributed by atoms with Crippen LogP contribution in [0, 0.1) is 0 Å². The normalized spacial score (nSPS) is 10.8. The molecular formula is C23H18BrN. The van der Waals surface area contributed by atoms with Crippen molar-refractivity contribution in [2.75, 3.05) is 0 Å². The van der Waals surface area contributed by atoms with Crippen molar-refractivity contribution in [1.29, 1.82) is 0 Å². The average Bonchev–Trinajstić information content (AvgIpc) is 3.10. The van der Waals surface area contributed by atoms with E-state index in [4.69, 9.17) is 0 Å². The highest BCUT2D eigenvalue weighted by Crippen LogP contribution is 2.36. The zero-order chi connectivity index (χ0) is 17.1. The lowest BCUT2D eigenvalue weighted by Crippen LogP contribution is -2.00. The smallest absolute Gasteiger partial charge is 0.0575 e. The summed E-state index contributed by atoms with van der Waals surface area (Å²) in [5, 5.41) is 0.816. The van der Waals surface area contributed by atoms with Gasteiger partial charge >= 0.3 is 0 Å². The summed E-state index contributed by atoms with van der Waals surface area (Å²) in [6, 6.07) is 34.0. The summed E-state index contributed by atoms with van der Waals surface area (Å²) in [4.78, 5) is 0. The fourth-order valence-corrected chi connectivity index (χ4v) is 3.67. The van der Waals surface area contributed by atoms with Crippen molar-refractivity contribution in [3.05, 3.63) is 103 Å². The lowest BCUT2D eigenvalue weighted by molar-refractivity contribution is 1.09. The lowest BCUT2D eigenvalue weighted by Gasteiger charge is -2.15. The van der Waals surface area contributed by atoms with Crippen LogP contribution in [0.5, 0.6) is 0 Å². The Labute approximate surface area is 156 Å². The molecule has 2 heteroatoms. The van der Waals surface area contributed by atoms with Gasteiger partial charge in [-0.15, -0.1) is 0 Å². The van der Waals surface area contributed by atoms with Crippen LogP contribution >= 0.6 is 15.9 Å². The van der Waals surface area contributed by atoms with Crippen LogP contribution in [0.25, 0.3) is 28.2 Å². The number of rotatable bonds is 4. The van der Waals surface area contributed by atoms with Crippen molar-refractivity contribution in [1.82, 2.24) is 4.57 Å². The van der Waals surface area contributed by atoms with E-state index in [9.17, 15) is 0 Å². The van der Waals surface area contributed by atoms with Gasteiger partial charge in [0.25, 0.3) is 0 Å². The molecule has 0 spiro atoms. The van der Waals surface area contributed by atoms with Gasteiger partial charge in [0.05, 0.1) is 11.4 Å². The second-order valence-corrected chi connectivity index (χ2v) is 6.50. The maximum absolute atomic E-state index is 3.68. The Morgan fingerprint density at radius 2 is 1.16 bits per heavy atom. The Morgan fingerprint density at radius 1 is 0.640 bits per heavy atom. The summed E-state index contributed by atoms with van der Waals surface area (Å²) >= 11 is 3.68. The fraction of sp³-hybridized carbons (Fsp3) is 0.0435. The SMILES string of the molecule is BrCc1cc(-c2ccccc2)n(-c2ccccc2)c1-c1ccccc1. The monoisotopic (exact) mass is 387 g/mol. The second kappa shape index (κ2) is 7.12. The van der Waals surface area contributed by atoms with Crippen molar-refractivity contribution in [3.63, 3.8) is 0 Å². The van der Waals surface area contributed by atoms with Crippen LogP contribution in [0.3, 0.4) is 0 Å². The second-order valence-electron chi connectivity index (χ2n) is 5.94. The third kappa shape index (κ3) is 3.06. The molecule has 1 heterocycles. The molecule has 25 heavy (non-hydrogen) atoms. The van der Waals surface area contributed by atoms with Crippen molar-refractivity contribution < 1.29 is 0 Å². The topological polar surface area (TPSA) is 4.93 Å². The summed E-state index contributed by atoms with van der Waals surface area (Å²) < 4.78 is 2.36. The first-order valence-corrected chi connectivity index (χ1v) is 9.47. The molecule has 1 nitrogen and oxygen atoms in total. The van der Waals surface area contributed by atoms with E-state index in [1.807, 2.05) is 0 Å². The van der Waals surface area contributed by atoms with E-state index in [0.29, 0.717) is 0 Å². The molecule has 0 aliphatic rings. The summed E-state index contributed by atoms with van der Waals surface area (Å²) in [6.07, 6.45) is 0. The maximum atomic E-state index is 3.68. The van der Waals surface area contributed by atoms with Gasteiger partial charge < -0.3 is 4.57 Å².